The standard InChI is InChI=1S/C24H32Cl2N4O3/c25-18-7-8-20(21(26)15-18)23-28-22(33-29-23)16-30-12-9-17(10-13-30)24(31)27-11-4-14-32-19-5-2-1-3-6-19/h7-8,15,17,19H,1-6,9-14,16H2,(H,27,31). The normalized spacial score (nSPS) is 18.5. The van der Waals surface area contributed by atoms with Gasteiger partial charge in [-0.1, -0.05) is 47.6 Å². The van der Waals surface area contributed by atoms with Gasteiger partial charge in [0, 0.05) is 29.7 Å². The van der Waals surface area contributed by atoms with Crippen LogP contribution >= 0.6 is 23.2 Å². The quantitative estimate of drug-likeness (QED) is 0.487. The fourth-order valence-electron chi connectivity index (χ4n) is 4.55. The van der Waals surface area contributed by atoms with Crippen LogP contribution in [0.25, 0.3) is 11.4 Å². The molecule has 1 aliphatic carbocycles. The van der Waals surface area contributed by atoms with Crippen molar-refractivity contribution < 1.29 is 14.1 Å². The topological polar surface area (TPSA) is 80.5 Å². The van der Waals surface area contributed by atoms with Gasteiger partial charge in [0.2, 0.25) is 17.6 Å². The summed E-state index contributed by atoms with van der Waals surface area (Å²) in [5.74, 6) is 1.21. The van der Waals surface area contributed by atoms with E-state index >= 15 is 0 Å². The molecular weight excluding hydrogens is 463 g/mol. The molecule has 9 heteroatoms. The first kappa shape index (κ1) is 24.5. The molecular formula is C24H32Cl2N4O3. The molecule has 0 atom stereocenters. The number of ether oxygens (including phenoxy) is 1. The first-order valence-electron chi connectivity index (χ1n) is 12.0. The number of rotatable bonds is 9. The summed E-state index contributed by atoms with van der Waals surface area (Å²) in [5, 5.41) is 8.18. The molecule has 33 heavy (non-hydrogen) atoms. The van der Waals surface area contributed by atoms with Crippen molar-refractivity contribution in [1.29, 1.82) is 0 Å². The van der Waals surface area contributed by atoms with Crippen LogP contribution in [0, 0.1) is 5.92 Å². The first-order valence-corrected chi connectivity index (χ1v) is 12.7. The van der Waals surface area contributed by atoms with E-state index in [1.807, 2.05) is 0 Å². The lowest BCUT2D eigenvalue weighted by molar-refractivity contribution is -0.126. The van der Waals surface area contributed by atoms with Gasteiger partial charge in [0.1, 0.15) is 0 Å². The number of benzene rings is 1. The summed E-state index contributed by atoms with van der Waals surface area (Å²) in [4.78, 5) is 19.2. The van der Waals surface area contributed by atoms with Crippen molar-refractivity contribution in [3.63, 3.8) is 0 Å². The van der Waals surface area contributed by atoms with Crippen molar-refractivity contribution in [1.82, 2.24) is 20.4 Å². The molecule has 2 heterocycles. The molecule has 1 aromatic carbocycles. The fourth-order valence-corrected chi connectivity index (χ4v) is 5.05. The predicted molar refractivity (Wildman–Crippen MR) is 128 cm³/mol. The van der Waals surface area contributed by atoms with Crippen LogP contribution in [-0.4, -0.2) is 53.3 Å². The number of likely N-dealkylation sites (tertiary alicyclic amines) is 1. The average molecular weight is 495 g/mol. The molecule has 2 fully saturated rings. The Morgan fingerprint density at radius 3 is 2.70 bits per heavy atom. The SMILES string of the molecule is O=C(NCCCOC1CCCCC1)C1CCN(Cc2nc(-c3ccc(Cl)cc3Cl)no2)CC1. The van der Waals surface area contributed by atoms with Gasteiger partial charge in [0.25, 0.3) is 0 Å². The lowest BCUT2D eigenvalue weighted by Crippen LogP contribution is -2.40. The number of hydrogen-bond acceptors (Lipinski definition) is 6. The Kier molecular flexibility index (Phi) is 9.01. The van der Waals surface area contributed by atoms with Crippen LogP contribution in [0.4, 0.5) is 0 Å². The predicted octanol–water partition coefficient (Wildman–Crippen LogP) is 5.11. The maximum atomic E-state index is 12.5. The van der Waals surface area contributed by atoms with E-state index in [2.05, 4.69) is 20.4 Å². The second kappa shape index (κ2) is 12.2. The number of amides is 1. The highest BCUT2D eigenvalue weighted by Gasteiger charge is 2.26. The Labute approximate surface area is 205 Å². The molecule has 1 aliphatic heterocycles. The van der Waals surface area contributed by atoms with Crippen LogP contribution < -0.4 is 5.32 Å². The number of hydrogen-bond donors (Lipinski definition) is 1. The lowest BCUT2D eigenvalue weighted by atomic mass is 9.96. The smallest absolute Gasteiger partial charge is 0.241 e. The van der Waals surface area contributed by atoms with Crippen LogP contribution in [0.1, 0.15) is 57.3 Å². The average Bonchev–Trinajstić information content (AvgIpc) is 3.28. The molecule has 180 valence electrons. The molecule has 0 spiro atoms. The molecule has 0 bridgehead atoms. The minimum atomic E-state index is 0.0617. The van der Waals surface area contributed by atoms with Crippen molar-refractivity contribution in [2.24, 2.45) is 5.92 Å². The van der Waals surface area contributed by atoms with Crippen LogP contribution in [0.2, 0.25) is 10.0 Å². The number of aromatic nitrogens is 2. The molecule has 2 aliphatic rings. The first-order chi connectivity index (χ1) is 16.1. The Morgan fingerprint density at radius 2 is 1.94 bits per heavy atom. The minimum Gasteiger partial charge on any atom is -0.378 e. The lowest BCUT2D eigenvalue weighted by Gasteiger charge is -2.30. The van der Waals surface area contributed by atoms with Gasteiger partial charge in [0.15, 0.2) is 0 Å². The number of halogens is 2. The van der Waals surface area contributed by atoms with E-state index in [1.54, 1.807) is 18.2 Å². The van der Waals surface area contributed by atoms with Crippen molar-refractivity contribution in [3.8, 4) is 11.4 Å². The van der Waals surface area contributed by atoms with E-state index in [9.17, 15) is 4.79 Å². The summed E-state index contributed by atoms with van der Waals surface area (Å²) < 4.78 is 11.3. The molecule has 1 amide bonds. The number of carbonyl (C=O) groups excluding carboxylic acids is 1. The zero-order valence-electron chi connectivity index (χ0n) is 18.9. The van der Waals surface area contributed by atoms with E-state index in [1.165, 1.54) is 32.1 Å². The number of nitrogens with one attached hydrogen (secondary N) is 1. The molecule has 1 N–H and O–H groups in total. The fraction of sp³-hybridized carbons (Fsp3) is 0.625. The molecule has 1 aromatic heterocycles. The molecule has 7 nitrogen and oxygen atoms in total. The summed E-state index contributed by atoms with van der Waals surface area (Å²) >= 11 is 12.2. The summed E-state index contributed by atoms with van der Waals surface area (Å²) in [6.07, 6.45) is 9.23. The maximum Gasteiger partial charge on any atom is 0.241 e. The van der Waals surface area contributed by atoms with Crippen LogP contribution in [0.5, 0.6) is 0 Å². The summed E-state index contributed by atoms with van der Waals surface area (Å²) in [6.45, 7) is 3.62. The molecule has 1 saturated heterocycles. The van der Waals surface area contributed by atoms with Crippen LogP contribution in [0.15, 0.2) is 22.7 Å². The van der Waals surface area contributed by atoms with Crippen molar-refractivity contribution in [2.45, 2.75) is 64.0 Å². The Morgan fingerprint density at radius 1 is 1.15 bits per heavy atom. The van der Waals surface area contributed by atoms with E-state index in [-0.39, 0.29) is 11.8 Å². The van der Waals surface area contributed by atoms with Crippen LogP contribution in [0.3, 0.4) is 0 Å². The van der Waals surface area contributed by atoms with Gasteiger partial charge in [-0.25, -0.2) is 0 Å². The Balaban J connectivity index is 1.14. The van der Waals surface area contributed by atoms with Crippen molar-refractivity contribution >= 4 is 29.1 Å². The van der Waals surface area contributed by atoms with Gasteiger partial charge in [-0.05, 0) is 63.4 Å². The molecule has 0 unspecified atom stereocenters. The molecule has 2 aromatic rings. The number of nitrogens with zero attached hydrogens (tertiary/aromatic N) is 3. The van der Waals surface area contributed by atoms with E-state index in [4.69, 9.17) is 32.5 Å². The van der Waals surface area contributed by atoms with Crippen molar-refractivity contribution in [3.05, 3.63) is 34.1 Å². The van der Waals surface area contributed by atoms with Gasteiger partial charge in [-0.15, -0.1) is 0 Å². The molecule has 1 saturated carbocycles. The highest BCUT2D eigenvalue weighted by Crippen LogP contribution is 2.29. The second-order valence-electron chi connectivity index (χ2n) is 8.96. The van der Waals surface area contributed by atoms with Crippen LogP contribution in [-0.2, 0) is 16.1 Å². The third kappa shape index (κ3) is 7.15. The maximum absolute atomic E-state index is 12.5. The van der Waals surface area contributed by atoms with Gasteiger partial charge >= 0.3 is 0 Å². The monoisotopic (exact) mass is 494 g/mol. The largest absolute Gasteiger partial charge is 0.378 e. The minimum absolute atomic E-state index is 0.0617. The molecule has 4 rings (SSSR count). The summed E-state index contributed by atoms with van der Waals surface area (Å²) in [6, 6.07) is 5.19. The van der Waals surface area contributed by atoms with Gasteiger partial charge in [-0.3, -0.25) is 9.69 Å². The Bertz CT molecular complexity index is 909. The van der Waals surface area contributed by atoms with Gasteiger partial charge < -0.3 is 14.6 Å². The van der Waals surface area contributed by atoms with Gasteiger partial charge in [0.05, 0.1) is 17.7 Å². The summed E-state index contributed by atoms with van der Waals surface area (Å²) in [7, 11) is 0. The van der Waals surface area contributed by atoms with E-state index < -0.39 is 0 Å². The Hall–Kier alpha value is -1.67. The zero-order valence-corrected chi connectivity index (χ0v) is 20.4. The van der Waals surface area contributed by atoms with Crippen molar-refractivity contribution in [2.75, 3.05) is 26.2 Å². The third-order valence-corrected chi connectivity index (χ3v) is 7.03. The second-order valence-corrected chi connectivity index (χ2v) is 9.81. The highest BCUT2D eigenvalue weighted by atomic mass is 35.5. The number of carbonyl (C=O) groups is 1. The number of piperidine rings is 1. The zero-order chi connectivity index (χ0) is 23.0. The van der Waals surface area contributed by atoms with E-state index in [0.717, 1.165) is 39.0 Å². The molecule has 0 radical (unpaired) electrons. The highest BCUT2D eigenvalue weighted by molar-refractivity contribution is 6.36. The third-order valence-electron chi connectivity index (χ3n) is 6.48. The van der Waals surface area contributed by atoms with Gasteiger partial charge in [-0.2, -0.15) is 4.98 Å². The van der Waals surface area contributed by atoms with E-state index in [0.29, 0.717) is 46.5 Å². The summed E-state index contributed by atoms with van der Waals surface area (Å²) in [5.41, 5.74) is 0.690.